The van der Waals surface area contributed by atoms with Crippen LogP contribution in [0.1, 0.15) is 297 Å². The van der Waals surface area contributed by atoms with Gasteiger partial charge in [0.2, 0.25) is 17.7 Å². The number of carbonyl (C=O) groups excluding carboxylic acids is 12. The summed E-state index contributed by atoms with van der Waals surface area (Å²) in [4.78, 5) is 153. The van der Waals surface area contributed by atoms with Crippen LogP contribution in [-0.2, 0) is 98.6 Å². The molecule has 39 heteroatoms. The van der Waals surface area contributed by atoms with Crippen LogP contribution in [-0.4, -0.2) is 269 Å². The highest BCUT2D eigenvalue weighted by Crippen LogP contribution is 2.72. The number of nitrogens with one attached hydrogen (secondary N) is 3. The number of rotatable bonds is 60. The van der Waals surface area contributed by atoms with E-state index >= 15 is 0 Å². The minimum absolute atomic E-state index is 0.00771. The van der Waals surface area contributed by atoms with Crippen LogP contribution < -0.4 is 64.6 Å². The van der Waals surface area contributed by atoms with E-state index in [0.29, 0.717) is 62.7 Å². The van der Waals surface area contributed by atoms with E-state index in [1.54, 1.807) is 0 Å². The predicted octanol–water partition coefficient (Wildman–Crippen LogP) is 9.58. The first-order valence-electron chi connectivity index (χ1n) is 54.2. The number of methoxy groups -OCH3 is 3. The van der Waals surface area contributed by atoms with Crippen LogP contribution in [0.2, 0.25) is 0 Å². The van der Waals surface area contributed by atoms with Gasteiger partial charge in [-0.2, -0.15) is 0 Å². The Morgan fingerprint density at radius 2 is 0.793 bits per heavy atom. The molecular weight excluding hydrogens is 1940 g/mol. The van der Waals surface area contributed by atoms with Crippen molar-refractivity contribution in [2.24, 2.45) is 115 Å². The van der Waals surface area contributed by atoms with Crippen molar-refractivity contribution >= 4 is 76.4 Å². The van der Waals surface area contributed by atoms with Crippen molar-refractivity contribution in [1.29, 1.82) is 0 Å². The van der Waals surface area contributed by atoms with Crippen LogP contribution in [0.25, 0.3) is 0 Å². The maximum Gasteiger partial charge on any atom is 0.323 e. The molecule has 11 rings (SSSR count). The number of ether oxygens (including phenoxy) is 12. The lowest BCUT2D eigenvalue weighted by Crippen LogP contribution is -2.60. The summed E-state index contributed by atoms with van der Waals surface area (Å²) in [6.45, 7) is 18.3. The Hall–Kier alpha value is -9.78. The molecule has 23 atom stereocenters. The van der Waals surface area contributed by atoms with E-state index in [-0.39, 0.29) is 262 Å². The number of phenols is 3. The molecular formula is C111H171N9O30. The molecule has 8 aliphatic rings. The minimum Gasteiger partial charge on any atom is -0.507 e. The molecule has 0 spiro atoms. The summed E-state index contributed by atoms with van der Waals surface area (Å²) in [6, 6.07) is 4.91. The maximum absolute atomic E-state index is 14.1. The van der Waals surface area contributed by atoms with Gasteiger partial charge < -0.3 is 138 Å². The Balaban J connectivity index is 0.000000332. The van der Waals surface area contributed by atoms with Gasteiger partial charge in [-0.3, -0.25) is 57.5 Å². The van der Waals surface area contributed by atoms with Gasteiger partial charge in [-0.25, -0.2) is 0 Å². The van der Waals surface area contributed by atoms with E-state index in [0.717, 1.165) is 116 Å². The SMILES string of the molecule is CCCCCC[C@](C)(O)[C@H]1CC[C@H]2[C@@H]3C[C@H](OC(=O)[C@@H](N)CC(=O)NCCOCCOCC(=O)Cc4ccc(OC)c(C(N)=O)c4O)[C@H]4C[C@@H](O)CC[C@]4(C)[C@H]3CC[C@@]21C.CCCCCC[C@](C)(O)[C@H]1CC[C@H]2[C@@H]3C[C@H](OC(=O)[C@@H](N)CC(=O)NCCOCCOCC(=O)Cc4ccc(OC)c(C(N)=O)c4O)[C@H]4C[C@@H](OC(=O)[C@@H](N)CC(=O)CCCOCCOCC(=O)Nc5ccc(OC)c(C(N)=O)c5O)CC[C@]4(C)[C@H]3CC[C@@]21C. The quantitative estimate of drug-likeness (QED) is 0.0108. The van der Waals surface area contributed by atoms with Crippen molar-refractivity contribution in [3.8, 4) is 34.5 Å². The normalized spacial score (nSPS) is 27.3. The first-order chi connectivity index (χ1) is 71.2. The van der Waals surface area contributed by atoms with Gasteiger partial charge in [-0.15, -0.1) is 0 Å². The molecule has 0 aromatic heterocycles. The molecule has 8 aliphatic carbocycles. The zero-order valence-electron chi connectivity index (χ0n) is 90.0. The summed E-state index contributed by atoms with van der Waals surface area (Å²) in [5, 5.41) is 74.1. The molecule has 8 fully saturated rings. The zero-order chi connectivity index (χ0) is 110. The number of unbranched alkanes of at least 4 members (excludes halogenated alkanes) is 6. The van der Waals surface area contributed by atoms with Gasteiger partial charge in [-0.1, -0.05) is 105 Å². The fourth-order valence-corrected chi connectivity index (χ4v) is 27.1. The average Bonchev–Trinajstić information content (AvgIpc) is 1.47. The lowest BCUT2D eigenvalue weighted by atomic mass is 9.43. The lowest BCUT2D eigenvalue weighted by molar-refractivity contribution is -0.202. The molecule has 0 radical (unpaired) electrons. The van der Waals surface area contributed by atoms with E-state index < -0.39 is 124 Å². The van der Waals surface area contributed by atoms with Crippen LogP contribution in [0.5, 0.6) is 34.5 Å². The minimum atomic E-state index is -1.29. The first-order valence-corrected chi connectivity index (χ1v) is 54.2. The second kappa shape index (κ2) is 56.4. The topological polar surface area (TPSA) is 629 Å². The fraction of sp³-hybridized carbons (Fsp3) is 0.730. The summed E-state index contributed by atoms with van der Waals surface area (Å²) in [5.74, 6) is -6.25. The van der Waals surface area contributed by atoms with Crippen molar-refractivity contribution in [1.82, 2.24) is 10.6 Å². The largest absolute Gasteiger partial charge is 0.507 e. The van der Waals surface area contributed by atoms with Crippen LogP contribution in [0.15, 0.2) is 36.4 Å². The molecule has 3 aromatic rings. The number of hydrogen-bond acceptors (Lipinski definition) is 33. The number of primary amides is 3. The number of aromatic hydroxyl groups is 3. The number of carbonyl (C=O) groups is 12. The fourth-order valence-electron chi connectivity index (χ4n) is 27.1. The third kappa shape index (κ3) is 31.3. The number of fused-ring (bicyclic) bond motifs is 10. The molecule has 840 valence electrons. The number of aliphatic hydroxyl groups is 3. The van der Waals surface area contributed by atoms with Crippen LogP contribution >= 0.6 is 0 Å². The third-order valence-corrected chi connectivity index (χ3v) is 34.6. The molecule has 150 heavy (non-hydrogen) atoms. The van der Waals surface area contributed by atoms with Gasteiger partial charge >= 0.3 is 17.9 Å². The van der Waals surface area contributed by atoms with E-state index in [1.807, 2.05) is 6.92 Å². The second-order valence-electron chi connectivity index (χ2n) is 44.5. The van der Waals surface area contributed by atoms with Crippen LogP contribution in [0, 0.1) is 80.8 Å². The molecule has 0 unspecified atom stereocenters. The highest BCUT2D eigenvalue weighted by molar-refractivity contribution is 6.03. The maximum atomic E-state index is 14.1. The number of esters is 3. The van der Waals surface area contributed by atoms with Crippen molar-refractivity contribution in [2.45, 2.75) is 321 Å². The Morgan fingerprint density at radius 1 is 0.407 bits per heavy atom. The summed E-state index contributed by atoms with van der Waals surface area (Å²) < 4.78 is 66.8. The van der Waals surface area contributed by atoms with Gasteiger partial charge in [-0.05, 0) is 229 Å². The van der Waals surface area contributed by atoms with Crippen molar-refractivity contribution in [3.05, 3.63) is 64.2 Å². The number of aliphatic hydroxyl groups excluding tert-OH is 1. The number of amides is 6. The number of benzene rings is 3. The van der Waals surface area contributed by atoms with Crippen molar-refractivity contribution in [3.63, 3.8) is 0 Å². The number of anilines is 1. The summed E-state index contributed by atoms with van der Waals surface area (Å²) in [6.07, 6.45) is 20.7. The van der Waals surface area contributed by atoms with Gasteiger partial charge in [0.15, 0.2) is 17.3 Å². The summed E-state index contributed by atoms with van der Waals surface area (Å²) >= 11 is 0. The number of hydrogen-bond donors (Lipinski definition) is 15. The van der Waals surface area contributed by atoms with Gasteiger partial charge in [0.05, 0.1) is 110 Å². The molecule has 0 bridgehead atoms. The number of Topliss-reactive ketones (excluding diaryl/α,β-unsaturated/α-hetero) is 3. The Bertz CT molecular complexity index is 5060. The standard InChI is InChI=1S/C65H98N6O19.C46H73N3O11/c1-7-8-9-10-21-65(4,82)52-18-14-43-42-34-51(90-62(81)47(67)35-53(74)70-24-26-86-28-29-87-36-40(73)31-38-13-16-49(83-5)55(57(38)76)59(68)78)45-33-41(19-22-63(45,2)44(42)20-23-64(43,52)3)89-61(80)46(66)32-39(72)12-11-25-85-27-30-88-37-54(75)71-48-15-17-50(84-6)56(58(48)77)60(69)79;1-6-7-8-9-16-46(4,56)38-13-11-32-31-25-37(34-24-29(50)14-17-44(34,2)33(31)15-18-45(32,38)3)60-43(55)35(47)26-39(52)49-19-20-58-21-22-59-27-30(51)23-28-10-12-36(57-5)40(41(28)53)42(48)54/h13,15-17,41-47,51-52,76-77,82H,7-12,14,18-37,66-67H2,1-6H3,(H2,68,78)(H2,69,79)(H,70,74)(H,71,75);10,12,29,31-35,37-38,50,53,56H,6-9,11,13-27,47H2,1-5H3,(H2,48,54)(H,49,52)/t41-,42-,43-,44-,45+,46-,47-,51-,52-,63+,64-,65-;29-,31-,32-,33-,34+,35-,37-,38-,44+,45-,46-/m00/s1. The molecule has 0 heterocycles. The van der Waals surface area contributed by atoms with Gasteiger partial charge in [0.1, 0.15) is 107 Å². The molecule has 0 saturated heterocycles. The Morgan fingerprint density at radius 3 is 1.23 bits per heavy atom. The summed E-state index contributed by atoms with van der Waals surface area (Å²) in [5.41, 5.74) is 32.7. The zero-order valence-corrected chi connectivity index (χ0v) is 90.0. The molecule has 3 aromatic carbocycles. The lowest BCUT2D eigenvalue weighted by Gasteiger charge is -2.63. The smallest absolute Gasteiger partial charge is 0.323 e. The Labute approximate surface area is 881 Å². The van der Waals surface area contributed by atoms with Crippen molar-refractivity contribution in [2.75, 3.05) is 119 Å². The van der Waals surface area contributed by atoms with Crippen molar-refractivity contribution < 1.29 is 145 Å². The van der Waals surface area contributed by atoms with E-state index in [9.17, 15) is 88.2 Å². The first kappa shape index (κ1) is 122. The van der Waals surface area contributed by atoms with Crippen LogP contribution in [0.4, 0.5) is 5.69 Å². The number of ketones is 3. The van der Waals surface area contributed by atoms with Gasteiger partial charge in [0.25, 0.3) is 17.7 Å². The highest BCUT2D eigenvalue weighted by atomic mass is 16.6. The van der Waals surface area contributed by atoms with E-state index in [4.69, 9.17) is 91.2 Å². The third-order valence-electron chi connectivity index (χ3n) is 34.6. The highest BCUT2D eigenvalue weighted by Gasteiger charge is 2.67. The molecule has 21 N–H and O–H groups in total. The van der Waals surface area contributed by atoms with E-state index in [2.05, 4.69) is 64.4 Å². The molecule has 0 aliphatic heterocycles. The number of nitrogens with two attached hydrogens (primary N) is 6. The monoisotopic (exact) mass is 2110 g/mol. The average molecular weight is 2110 g/mol. The Kier molecular flexibility index (Phi) is 45.9. The predicted molar refractivity (Wildman–Crippen MR) is 554 cm³/mol. The van der Waals surface area contributed by atoms with Crippen LogP contribution in [0.3, 0.4) is 0 Å². The summed E-state index contributed by atoms with van der Waals surface area (Å²) in [7, 11) is 3.97. The second-order valence-corrected chi connectivity index (χ2v) is 44.5. The van der Waals surface area contributed by atoms with E-state index in [1.165, 1.54) is 70.6 Å². The van der Waals surface area contributed by atoms with Gasteiger partial charge in [0, 0.05) is 68.3 Å². The molecule has 8 saturated carbocycles. The molecule has 6 amide bonds. The molecule has 39 nitrogen and oxygen atoms in total.